The Morgan fingerprint density at radius 2 is 2.08 bits per heavy atom. The molecule has 1 aromatic carbocycles. The van der Waals surface area contributed by atoms with E-state index in [0.717, 1.165) is 44.3 Å². The van der Waals surface area contributed by atoms with Gasteiger partial charge < -0.3 is 9.47 Å². The highest BCUT2D eigenvalue weighted by Gasteiger charge is 2.23. The van der Waals surface area contributed by atoms with Crippen molar-refractivity contribution in [1.82, 2.24) is 19.4 Å². The molecule has 1 fully saturated rings. The van der Waals surface area contributed by atoms with E-state index in [-0.39, 0.29) is 5.91 Å². The number of hydrogen-bond donors (Lipinski definition) is 0. The lowest BCUT2D eigenvalue weighted by Crippen LogP contribution is -2.32. The van der Waals surface area contributed by atoms with Gasteiger partial charge in [-0.3, -0.25) is 9.78 Å². The number of nitrogens with zero attached hydrogens (tertiary/aromatic N) is 4. The molecule has 3 heterocycles. The molecular formula is C21H24N4O. The number of carbonyl (C=O) groups excluding carboxylic acids is 1. The number of amides is 1. The van der Waals surface area contributed by atoms with Gasteiger partial charge in [-0.05, 0) is 49.3 Å². The smallest absolute Gasteiger partial charge is 0.274 e. The summed E-state index contributed by atoms with van der Waals surface area (Å²) in [4.78, 5) is 23.3. The highest BCUT2D eigenvalue weighted by Crippen LogP contribution is 2.26. The first-order valence-electron chi connectivity index (χ1n) is 9.30. The monoisotopic (exact) mass is 348 g/mol. The summed E-state index contributed by atoms with van der Waals surface area (Å²) < 4.78 is 1.82. The van der Waals surface area contributed by atoms with Crippen LogP contribution in [0, 0.1) is 5.92 Å². The molecule has 134 valence electrons. The Morgan fingerprint density at radius 1 is 1.15 bits per heavy atom. The van der Waals surface area contributed by atoms with Gasteiger partial charge in [0.05, 0.1) is 11.8 Å². The Morgan fingerprint density at radius 3 is 2.92 bits per heavy atom. The van der Waals surface area contributed by atoms with Crippen LogP contribution in [-0.4, -0.2) is 38.4 Å². The fraction of sp³-hybridized carbons (Fsp3) is 0.381. The molecule has 3 aromatic rings. The minimum atomic E-state index is 0.0561. The summed E-state index contributed by atoms with van der Waals surface area (Å²) >= 11 is 0. The Kier molecular flexibility index (Phi) is 4.69. The van der Waals surface area contributed by atoms with Crippen molar-refractivity contribution in [3.05, 3.63) is 60.3 Å². The van der Waals surface area contributed by atoms with E-state index < -0.39 is 0 Å². The molecule has 1 amide bonds. The van der Waals surface area contributed by atoms with Crippen LogP contribution in [0.15, 0.2) is 49.1 Å². The number of likely N-dealkylation sites (tertiary alicyclic amines) is 1. The molecule has 0 N–H and O–H groups in total. The van der Waals surface area contributed by atoms with Gasteiger partial charge in [-0.1, -0.05) is 18.2 Å². The molecule has 1 aliphatic rings. The minimum Gasteiger partial charge on any atom is -0.340 e. The molecule has 1 atom stereocenters. The molecule has 0 saturated carbocycles. The summed E-state index contributed by atoms with van der Waals surface area (Å²) in [7, 11) is 1.89. The summed E-state index contributed by atoms with van der Waals surface area (Å²) in [5.74, 6) is 0.656. The summed E-state index contributed by atoms with van der Waals surface area (Å²) in [6.45, 7) is 1.63. The average Bonchev–Trinajstić information content (AvgIpc) is 2.96. The lowest BCUT2D eigenvalue weighted by atomic mass is 9.91. The maximum Gasteiger partial charge on any atom is 0.274 e. The van der Waals surface area contributed by atoms with Crippen molar-refractivity contribution in [3.63, 3.8) is 0 Å². The second-order valence-corrected chi connectivity index (χ2v) is 7.20. The second-order valence-electron chi connectivity index (χ2n) is 7.20. The predicted octanol–water partition coefficient (Wildman–Crippen LogP) is 3.45. The molecule has 0 spiro atoms. The number of pyridine rings is 1. The SMILES string of the molecule is Cn1cnc(C(=O)N2CCC[C@H](Cc3cccc4ncccc34)CC2)c1. The van der Waals surface area contributed by atoms with Crippen molar-refractivity contribution in [1.29, 1.82) is 0 Å². The van der Waals surface area contributed by atoms with Crippen molar-refractivity contribution in [2.24, 2.45) is 13.0 Å². The van der Waals surface area contributed by atoms with Crippen molar-refractivity contribution >= 4 is 16.8 Å². The number of aryl methyl sites for hydroxylation is 1. The Labute approximate surface area is 153 Å². The van der Waals surface area contributed by atoms with Gasteiger partial charge in [0.2, 0.25) is 0 Å². The highest BCUT2D eigenvalue weighted by molar-refractivity contribution is 5.92. The van der Waals surface area contributed by atoms with Gasteiger partial charge >= 0.3 is 0 Å². The first-order valence-corrected chi connectivity index (χ1v) is 9.30. The molecule has 1 saturated heterocycles. The van der Waals surface area contributed by atoms with Gasteiger partial charge in [0.25, 0.3) is 5.91 Å². The number of rotatable bonds is 3. The molecule has 2 aromatic heterocycles. The van der Waals surface area contributed by atoms with Crippen LogP contribution in [0.5, 0.6) is 0 Å². The van der Waals surface area contributed by atoms with E-state index in [4.69, 9.17) is 0 Å². The van der Waals surface area contributed by atoms with Crippen LogP contribution in [0.1, 0.15) is 35.3 Å². The quantitative estimate of drug-likeness (QED) is 0.728. The van der Waals surface area contributed by atoms with Crippen molar-refractivity contribution in [2.45, 2.75) is 25.7 Å². The molecule has 26 heavy (non-hydrogen) atoms. The van der Waals surface area contributed by atoms with E-state index in [0.29, 0.717) is 11.6 Å². The second kappa shape index (κ2) is 7.28. The summed E-state index contributed by atoms with van der Waals surface area (Å²) in [6.07, 6.45) is 9.62. The van der Waals surface area contributed by atoms with E-state index in [1.807, 2.05) is 28.8 Å². The summed E-state index contributed by atoms with van der Waals surface area (Å²) in [5.41, 5.74) is 2.97. The van der Waals surface area contributed by atoms with E-state index in [1.54, 1.807) is 12.5 Å². The van der Waals surface area contributed by atoms with Gasteiger partial charge in [0, 0.05) is 37.9 Å². The van der Waals surface area contributed by atoms with E-state index in [2.05, 4.69) is 34.2 Å². The van der Waals surface area contributed by atoms with Crippen LogP contribution >= 0.6 is 0 Å². The molecule has 5 nitrogen and oxygen atoms in total. The Bertz CT molecular complexity index is 912. The molecule has 0 aliphatic carbocycles. The third-order valence-electron chi connectivity index (χ3n) is 5.30. The topological polar surface area (TPSA) is 51.0 Å². The zero-order chi connectivity index (χ0) is 17.9. The van der Waals surface area contributed by atoms with Crippen LogP contribution in [0.3, 0.4) is 0 Å². The van der Waals surface area contributed by atoms with Gasteiger partial charge in [-0.15, -0.1) is 0 Å². The standard InChI is InChI=1S/C21H24N4O/c1-24-14-20(23-15-24)21(26)25-11-4-5-16(9-12-25)13-17-6-2-8-19-18(17)7-3-10-22-19/h2-3,6-8,10,14-16H,4-5,9,11-13H2,1H3/t16-/m0/s1. The predicted molar refractivity (Wildman–Crippen MR) is 102 cm³/mol. The fourth-order valence-corrected chi connectivity index (χ4v) is 3.91. The number of imidazole rings is 1. The number of aromatic nitrogens is 3. The average molecular weight is 348 g/mol. The normalized spacial score (nSPS) is 18.0. The van der Waals surface area contributed by atoms with Crippen LogP contribution in [-0.2, 0) is 13.5 Å². The molecule has 1 aliphatic heterocycles. The number of carbonyl (C=O) groups is 1. The minimum absolute atomic E-state index is 0.0561. The van der Waals surface area contributed by atoms with Gasteiger partial charge in [-0.2, -0.15) is 0 Å². The first-order chi connectivity index (χ1) is 12.7. The molecule has 5 heteroatoms. The van der Waals surface area contributed by atoms with Gasteiger partial charge in [0.1, 0.15) is 5.69 Å². The van der Waals surface area contributed by atoms with Gasteiger partial charge in [0.15, 0.2) is 0 Å². The molecule has 4 rings (SSSR count). The largest absolute Gasteiger partial charge is 0.340 e. The summed E-state index contributed by atoms with van der Waals surface area (Å²) in [5, 5.41) is 1.25. The maximum atomic E-state index is 12.6. The number of hydrogen-bond acceptors (Lipinski definition) is 3. The van der Waals surface area contributed by atoms with Crippen LogP contribution < -0.4 is 0 Å². The lowest BCUT2D eigenvalue weighted by Gasteiger charge is -2.19. The van der Waals surface area contributed by atoms with E-state index in [9.17, 15) is 4.79 Å². The summed E-state index contributed by atoms with van der Waals surface area (Å²) in [6, 6.07) is 10.5. The first kappa shape index (κ1) is 16.8. The Hall–Kier alpha value is -2.69. The highest BCUT2D eigenvalue weighted by atomic mass is 16.2. The van der Waals surface area contributed by atoms with Crippen molar-refractivity contribution in [3.8, 4) is 0 Å². The molecule has 0 bridgehead atoms. The zero-order valence-electron chi connectivity index (χ0n) is 15.1. The Balaban J connectivity index is 1.44. The van der Waals surface area contributed by atoms with Crippen molar-refractivity contribution < 1.29 is 4.79 Å². The van der Waals surface area contributed by atoms with Gasteiger partial charge in [-0.25, -0.2) is 4.98 Å². The third-order valence-corrected chi connectivity index (χ3v) is 5.30. The van der Waals surface area contributed by atoms with Crippen molar-refractivity contribution in [2.75, 3.05) is 13.1 Å². The number of benzene rings is 1. The maximum absolute atomic E-state index is 12.6. The van der Waals surface area contributed by atoms with Crippen LogP contribution in [0.4, 0.5) is 0 Å². The number of fused-ring (bicyclic) bond motifs is 1. The van der Waals surface area contributed by atoms with E-state index >= 15 is 0 Å². The third kappa shape index (κ3) is 3.47. The lowest BCUT2D eigenvalue weighted by molar-refractivity contribution is 0.0754. The molecular weight excluding hydrogens is 324 g/mol. The molecule has 0 radical (unpaired) electrons. The zero-order valence-corrected chi connectivity index (χ0v) is 15.1. The van der Waals surface area contributed by atoms with E-state index in [1.165, 1.54) is 10.9 Å². The van der Waals surface area contributed by atoms with Crippen LogP contribution in [0.25, 0.3) is 10.9 Å². The van der Waals surface area contributed by atoms with Crippen LogP contribution in [0.2, 0.25) is 0 Å². The molecule has 0 unspecified atom stereocenters. The fourth-order valence-electron chi connectivity index (χ4n) is 3.91.